The second-order valence-corrected chi connectivity index (χ2v) is 4.46. The average molecular weight is 263 g/mol. The molecular weight excluding hydrogens is 246 g/mol. The molecule has 19 heavy (non-hydrogen) atoms. The van der Waals surface area contributed by atoms with Crippen LogP contribution in [0, 0.1) is 0 Å². The van der Waals surface area contributed by atoms with Gasteiger partial charge in [-0.15, -0.1) is 10.2 Å². The maximum Gasteiger partial charge on any atom is 0.271 e. The summed E-state index contributed by atoms with van der Waals surface area (Å²) in [6.07, 6.45) is 3.24. The summed E-state index contributed by atoms with van der Waals surface area (Å²) in [6.45, 7) is 4.58. The van der Waals surface area contributed by atoms with E-state index in [0.29, 0.717) is 24.5 Å². The zero-order valence-corrected chi connectivity index (χ0v) is 11.0. The summed E-state index contributed by atoms with van der Waals surface area (Å²) in [6, 6.07) is 1.97. The van der Waals surface area contributed by atoms with Gasteiger partial charge in [-0.1, -0.05) is 5.21 Å². The van der Waals surface area contributed by atoms with Crippen LogP contribution in [0.1, 0.15) is 42.6 Å². The molecule has 2 N–H and O–H groups in total. The predicted molar refractivity (Wildman–Crippen MR) is 67.4 cm³/mol. The molecule has 0 atom stereocenters. The van der Waals surface area contributed by atoms with Crippen LogP contribution < -0.4 is 5.32 Å². The summed E-state index contributed by atoms with van der Waals surface area (Å²) in [7, 11) is 0. The molecule has 102 valence electrons. The fourth-order valence-corrected chi connectivity index (χ4v) is 1.57. The molecular formula is C11H17N7O. The average Bonchev–Trinajstić information content (AvgIpc) is 3.05. The summed E-state index contributed by atoms with van der Waals surface area (Å²) in [4.78, 5) is 11.8. The van der Waals surface area contributed by atoms with Crippen LogP contribution in [0.5, 0.6) is 0 Å². The van der Waals surface area contributed by atoms with E-state index >= 15 is 0 Å². The Hall–Kier alpha value is -2.25. The van der Waals surface area contributed by atoms with Gasteiger partial charge in [0, 0.05) is 25.2 Å². The Kier molecular flexibility index (Phi) is 4.22. The number of carbonyl (C=O) groups excluding carboxylic acids is 1. The summed E-state index contributed by atoms with van der Waals surface area (Å²) in [5.41, 5.74) is 0.438. The van der Waals surface area contributed by atoms with E-state index in [4.69, 9.17) is 0 Å². The van der Waals surface area contributed by atoms with E-state index in [2.05, 4.69) is 31.0 Å². The molecule has 2 heterocycles. The number of nitrogens with zero attached hydrogens (tertiary/aromatic N) is 5. The topological polar surface area (TPSA) is 101 Å². The first-order chi connectivity index (χ1) is 9.16. The van der Waals surface area contributed by atoms with Gasteiger partial charge in [0.15, 0.2) is 5.82 Å². The van der Waals surface area contributed by atoms with Gasteiger partial charge in [-0.05, 0) is 26.3 Å². The number of H-pyrrole nitrogens is 1. The summed E-state index contributed by atoms with van der Waals surface area (Å²) in [5.74, 6) is 0.492. The number of aromatic amines is 1. The highest BCUT2D eigenvalue weighted by molar-refractivity contribution is 5.92. The van der Waals surface area contributed by atoms with Crippen molar-refractivity contribution in [3.63, 3.8) is 0 Å². The molecule has 2 aromatic heterocycles. The first-order valence-electron chi connectivity index (χ1n) is 6.22. The third-order valence-electron chi connectivity index (χ3n) is 2.62. The van der Waals surface area contributed by atoms with E-state index in [1.807, 2.05) is 13.8 Å². The first kappa shape index (κ1) is 13.2. The summed E-state index contributed by atoms with van der Waals surface area (Å²) >= 11 is 0. The lowest BCUT2D eigenvalue weighted by Crippen LogP contribution is -2.25. The summed E-state index contributed by atoms with van der Waals surface area (Å²) < 4.78 is 1.76. The lowest BCUT2D eigenvalue weighted by atomic mass is 10.3. The van der Waals surface area contributed by atoms with Crippen LogP contribution in [0.25, 0.3) is 0 Å². The molecule has 0 aliphatic heterocycles. The largest absolute Gasteiger partial charge is 0.351 e. The molecule has 1 amide bonds. The molecule has 0 aliphatic rings. The van der Waals surface area contributed by atoms with E-state index in [0.717, 1.165) is 6.42 Å². The molecule has 8 heteroatoms. The van der Waals surface area contributed by atoms with Crippen molar-refractivity contribution in [1.29, 1.82) is 0 Å². The van der Waals surface area contributed by atoms with Crippen LogP contribution in [-0.4, -0.2) is 42.9 Å². The second-order valence-electron chi connectivity index (χ2n) is 4.46. The number of rotatable bonds is 6. The van der Waals surface area contributed by atoms with Crippen molar-refractivity contribution >= 4 is 5.91 Å². The minimum atomic E-state index is -0.160. The molecule has 8 nitrogen and oxygen atoms in total. The number of amides is 1. The molecule has 2 rings (SSSR count). The molecule has 0 aliphatic carbocycles. The molecule has 0 bridgehead atoms. The van der Waals surface area contributed by atoms with Crippen molar-refractivity contribution in [2.75, 3.05) is 6.54 Å². The van der Waals surface area contributed by atoms with Crippen molar-refractivity contribution < 1.29 is 4.79 Å². The third kappa shape index (κ3) is 3.60. The van der Waals surface area contributed by atoms with Crippen LogP contribution in [0.2, 0.25) is 0 Å². The number of carbonyl (C=O) groups is 1. The highest BCUT2D eigenvalue weighted by Gasteiger charge is 2.10. The number of hydrogen-bond acceptors (Lipinski definition) is 5. The van der Waals surface area contributed by atoms with Gasteiger partial charge < -0.3 is 5.32 Å². The Balaban J connectivity index is 1.74. The Morgan fingerprint density at radius 2 is 2.37 bits per heavy atom. The normalized spacial score (nSPS) is 10.9. The quantitative estimate of drug-likeness (QED) is 0.732. The van der Waals surface area contributed by atoms with E-state index in [1.54, 1.807) is 16.9 Å². The molecule has 2 aromatic rings. The van der Waals surface area contributed by atoms with Crippen LogP contribution in [0.3, 0.4) is 0 Å². The van der Waals surface area contributed by atoms with Crippen molar-refractivity contribution in [1.82, 2.24) is 35.7 Å². The zero-order valence-electron chi connectivity index (χ0n) is 11.0. The van der Waals surface area contributed by atoms with Gasteiger partial charge in [0.05, 0.1) is 0 Å². The number of nitrogens with one attached hydrogen (secondary N) is 2. The number of aryl methyl sites for hydroxylation is 1. The zero-order chi connectivity index (χ0) is 13.7. The summed E-state index contributed by atoms with van der Waals surface area (Å²) in [5, 5.41) is 20.5. The molecule has 0 unspecified atom stereocenters. The van der Waals surface area contributed by atoms with Gasteiger partial charge in [-0.2, -0.15) is 10.3 Å². The van der Waals surface area contributed by atoms with E-state index in [-0.39, 0.29) is 11.9 Å². The minimum Gasteiger partial charge on any atom is -0.351 e. The fourth-order valence-electron chi connectivity index (χ4n) is 1.57. The Labute approximate surface area is 110 Å². The number of aromatic nitrogens is 6. The Morgan fingerprint density at radius 3 is 3.00 bits per heavy atom. The molecule has 0 aromatic carbocycles. The number of hydrogen-bond donors (Lipinski definition) is 2. The third-order valence-corrected chi connectivity index (χ3v) is 2.62. The number of tetrazole rings is 1. The lowest BCUT2D eigenvalue weighted by molar-refractivity contribution is 0.0947. The monoisotopic (exact) mass is 263 g/mol. The van der Waals surface area contributed by atoms with Gasteiger partial charge in [0.2, 0.25) is 0 Å². The molecule has 0 saturated carbocycles. The molecule has 0 radical (unpaired) electrons. The van der Waals surface area contributed by atoms with Crippen molar-refractivity contribution in [2.24, 2.45) is 0 Å². The van der Waals surface area contributed by atoms with Crippen molar-refractivity contribution in [3.05, 3.63) is 23.8 Å². The maximum atomic E-state index is 11.8. The second kappa shape index (κ2) is 6.07. The van der Waals surface area contributed by atoms with Crippen molar-refractivity contribution in [2.45, 2.75) is 32.7 Å². The van der Waals surface area contributed by atoms with Crippen LogP contribution in [-0.2, 0) is 6.42 Å². The van der Waals surface area contributed by atoms with E-state index in [9.17, 15) is 4.79 Å². The fraction of sp³-hybridized carbons (Fsp3) is 0.545. The van der Waals surface area contributed by atoms with Crippen LogP contribution in [0.4, 0.5) is 0 Å². The Morgan fingerprint density at radius 1 is 1.53 bits per heavy atom. The van der Waals surface area contributed by atoms with Gasteiger partial charge in [0.25, 0.3) is 5.91 Å². The van der Waals surface area contributed by atoms with Gasteiger partial charge >= 0.3 is 0 Å². The van der Waals surface area contributed by atoms with E-state index < -0.39 is 0 Å². The van der Waals surface area contributed by atoms with E-state index in [1.165, 1.54) is 0 Å². The Bertz CT molecular complexity index is 517. The SMILES string of the molecule is CC(C)n1ccc(C(=O)NCCCc2nn[nH]n2)n1. The molecule has 0 saturated heterocycles. The smallest absolute Gasteiger partial charge is 0.271 e. The van der Waals surface area contributed by atoms with Gasteiger partial charge in [-0.25, -0.2) is 0 Å². The molecule has 0 spiro atoms. The van der Waals surface area contributed by atoms with Crippen LogP contribution in [0.15, 0.2) is 12.3 Å². The molecule has 0 fully saturated rings. The minimum absolute atomic E-state index is 0.160. The van der Waals surface area contributed by atoms with Crippen LogP contribution >= 0.6 is 0 Å². The van der Waals surface area contributed by atoms with Gasteiger partial charge in [-0.3, -0.25) is 9.48 Å². The highest BCUT2D eigenvalue weighted by Crippen LogP contribution is 2.04. The van der Waals surface area contributed by atoms with Crippen molar-refractivity contribution in [3.8, 4) is 0 Å². The first-order valence-corrected chi connectivity index (χ1v) is 6.22. The standard InChI is InChI=1S/C11H17N7O/c1-8(2)18-7-5-9(15-18)11(19)12-6-3-4-10-13-16-17-14-10/h5,7-8H,3-4,6H2,1-2H3,(H,12,19)(H,13,14,16,17). The highest BCUT2D eigenvalue weighted by atomic mass is 16.1. The predicted octanol–water partition coefficient (Wildman–Crippen LogP) is 0.340. The maximum absolute atomic E-state index is 11.8. The lowest BCUT2D eigenvalue weighted by Gasteiger charge is -2.04. The van der Waals surface area contributed by atoms with Gasteiger partial charge in [0.1, 0.15) is 5.69 Å².